The highest BCUT2D eigenvalue weighted by Crippen LogP contribution is 2.06. The van der Waals surface area contributed by atoms with E-state index in [0.717, 1.165) is 32.0 Å². The van der Waals surface area contributed by atoms with Crippen LogP contribution < -0.4 is 5.32 Å². The van der Waals surface area contributed by atoms with E-state index in [2.05, 4.69) is 19.2 Å². The van der Waals surface area contributed by atoms with Crippen molar-refractivity contribution in [1.82, 2.24) is 10.2 Å². The molecule has 0 aliphatic carbocycles. The SMILES string of the molecule is CC(C)CCCCNC(C)C(=O)N1CCOCC1. The Labute approximate surface area is 111 Å². The van der Waals surface area contributed by atoms with Gasteiger partial charge in [0.15, 0.2) is 0 Å². The van der Waals surface area contributed by atoms with Crippen LogP contribution in [0.2, 0.25) is 0 Å². The van der Waals surface area contributed by atoms with Crippen LogP contribution in [0.1, 0.15) is 40.0 Å². The Kier molecular flexibility index (Phi) is 7.28. The minimum atomic E-state index is -0.0675. The summed E-state index contributed by atoms with van der Waals surface area (Å²) in [5, 5.41) is 3.32. The second-order valence-electron chi connectivity index (χ2n) is 5.50. The van der Waals surface area contributed by atoms with Crippen LogP contribution in [0, 0.1) is 5.92 Å². The zero-order valence-electron chi connectivity index (χ0n) is 12.1. The number of nitrogens with one attached hydrogen (secondary N) is 1. The van der Waals surface area contributed by atoms with Crippen molar-refractivity contribution in [1.29, 1.82) is 0 Å². The van der Waals surface area contributed by atoms with E-state index in [9.17, 15) is 4.79 Å². The summed E-state index contributed by atoms with van der Waals surface area (Å²) in [6, 6.07) is -0.0675. The van der Waals surface area contributed by atoms with E-state index in [1.54, 1.807) is 0 Å². The molecule has 1 rings (SSSR count). The lowest BCUT2D eigenvalue weighted by Crippen LogP contribution is -2.49. The van der Waals surface area contributed by atoms with Gasteiger partial charge in [0.25, 0.3) is 0 Å². The van der Waals surface area contributed by atoms with Crippen molar-refractivity contribution in [3.8, 4) is 0 Å². The molecule has 1 aliphatic heterocycles. The lowest BCUT2D eigenvalue weighted by Gasteiger charge is -2.29. The molecule has 0 spiro atoms. The predicted octanol–water partition coefficient (Wildman–Crippen LogP) is 1.65. The molecular formula is C14H28N2O2. The molecular weight excluding hydrogens is 228 g/mol. The molecule has 1 amide bonds. The number of carbonyl (C=O) groups excluding carboxylic acids is 1. The van der Waals surface area contributed by atoms with E-state index in [1.807, 2.05) is 11.8 Å². The van der Waals surface area contributed by atoms with Gasteiger partial charge in [0.2, 0.25) is 5.91 Å². The first-order valence-electron chi connectivity index (χ1n) is 7.21. The highest BCUT2D eigenvalue weighted by atomic mass is 16.5. The van der Waals surface area contributed by atoms with Gasteiger partial charge in [0.05, 0.1) is 19.3 Å². The molecule has 1 saturated heterocycles. The third-order valence-electron chi connectivity index (χ3n) is 3.35. The van der Waals surface area contributed by atoms with Gasteiger partial charge in [-0.3, -0.25) is 4.79 Å². The van der Waals surface area contributed by atoms with Crippen molar-refractivity contribution >= 4 is 5.91 Å². The summed E-state index contributed by atoms with van der Waals surface area (Å²) < 4.78 is 5.25. The average Bonchev–Trinajstić information content (AvgIpc) is 2.38. The zero-order chi connectivity index (χ0) is 13.4. The standard InChI is InChI=1S/C14H28N2O2/c1-12(2)6-4-5-7-15-13(3)14(17)16-8-10-18-11-9-16/h12-13,15H,4-11H2,1-3H3. The number of rotatable bonds is 7. The number of amides is 1. The van der Waals surface area contributed by atoms with E-state index in [4.69, 9.17) is 4.74 Å². The van der Waals surface area contributed by atoms with Crippen molar-refractivity contribution in [3.63, 3.8) is 0 Å². The first-order chi connectivity index (χ1) is 8.61. The number of carbonyl (C=O) groups is 1. The molecule has 4 heteroatoms. The van der Waals surface area contributed by atoms with Gasteiger partial charge in [0, 0.05) is 13.1 Å². The summed E-state index contributed by atoms with van der Waals surface area (Å²) in [4.78, 5) is 14.0. The zero-order valence-corrected chi connectivity index (χ0v) is 12.1. The summed E-state index contributed by atoms with van der Waals surface area (Å²) in [5.41, 5.74) is 0. The van der Waals surface area contributed by atoms with E-state index < -0.39 is 0 Å². The number of unbranched alkanes of at least 4 members (excludes halogenated alkanes) is 1. The third kappa shape index (κ3) is 5.83. The fourth-order valence-corrected chi connectivity index (χ4v) is 2.14. The molecule has 1 atom stereocenters. The van der Waals surface area contributed by atoms with Gasteiger partial charge in [-0.2, -0.15) is 0 Å². The summed E-state index contributed by atoms with van der Waals surface area (Å²) in [6.07, 6.45) is 3.66. The molecule has 18 heavy (non-hydrogen) atoms. The van der Waals surface area contributed by atoms with Crippen molar-refractivity contribution < 1.29 is 9.53 Å². The Balaban J connectivity index is 2.11. The van der Waals surface area contributed by atoms with Crippen LogP contribution in [0.15, 0.2) is 0 Å². The lowest BCUT2D eigenvalue weighted by atomic mass is 10.1. The van der Waals surface area contributed by atoms with Crippen LogP contribution in [0.3, 0.4) is 0 Å². The number of hydrogen-bond acceptors (Lipinski definition) is 3. The maximum Gasteiger partial charge on any atom is 0.239 e. The monoisotopic (exact) mass is 256 g/mol. The summed E-state index contributed by atoms with van der Waals surface area (Å²) in [7, 11) is 0. The number of nitrogens with zero attached hydrogens (tertiary/aromatic N) is 1. The highest BCUT2D eigenvalue weighted by molar-refractivity contribution is 5.81. The summed E-state index contributed by atoms with van der Waals surface area (Å²) in [5.74, 6) is 0.986. The number of ether oxygens (including phenoxy) is 1. The molecule has 106 valence electrons. The molecule has 0 aromatic carbocycles. The predicted molar refractivity (Wildman–Crippen MR) is 73.6 cm³/mol. The highest BCUT2D eigenvalue weighted by Gasteiger charge is 2.21. The number of hydrogen-bond donors (Lipinski definition) is 1. The maximum absolute atomic E-state index is 12.1. The van der Waals surface area contributed by atoms with Gasteiger partial charge < -0.3 is 15.0 Å². The molecule has 1 N–H and O–H groups in total. The lowest BCUT2D eigenvalue weighted by molar-refractivity contribution is -0.137. The van der Waals surface area contributed by atoms with Gasteiger partial charge in [-0.1, -0.05) is 26.7 Å². The van der Waals surface area contributed by atoms with Crippen LogP contribution in [-0.2, 0) is 9.53 Å². The van der Waals surface area contributed by atoms with E-state index in [-0.39, 0.29) is 11.9 Å². The Morgan fingerprint density at radius 3 is 2.50 bits per heavy atom. The molecule has 0 aromatic heterocycles. The maximum atomic E-state index is 12.1. The smallest absolute Gasteiger partial charge is 0.239 e. The van der Waals surface area contributed by atoms with Gasteiger partial charge in [0.1, 0.15) is 0 Å². The van der Waals surface area contributed by atoms with E-state index in [0.29, 0.717) is 13.2 Å². The second kappa shape index (κ2) is 8.48. The number of morpholine rings is 1. The molecule has 0 radical (unpaired) electrons. The van der Waals surface area contributed by atoms with Crippen LogP contribution >= 0.6 is 0 Å². The molecule has 1 heterocycles. The normalized spacial score (nSPS) is 18.1. The minimum Gasteiger partial charge on any atom is -0.378 e. The topological polar surface area (TPSA) is 41.6 Å². The van der Waals surface area contributed by atoms with Crippen LogP contribution in [0.4, 0.5) is 0 Å². The van der Waals surface area contributed by atoms with Crippen molar-refractivity contribution in [2.75, 3.05) is 32.8 Å². The Bertz CT molecular complexity index is 238. The Morgan fingerprint density at radius 1 is 1.22 bits per heavy atom. The van der Waals surface area contributed by atoms with E-state index in [1.165, 1.54) is 12.8 Å². The molecule has 0 saturated carbocycles. The van der Waals surface area contributed by atoms with Crippen molar-refractivity contribution in [2.24, 2.45) is 5.92 Å². The van der Waals surface area contributed by atoms with Gasteiger partial charge in [-0.05, 0) is 25.8 Å². The molecule has 0 aromatic rings. The molecule has 0 bridgehead atoms. The summed E-state index contributed by atoms with van der Waals surface area (Å²) in [6.45, 7) is 10.2. The minimum absolute atomic E-state index is 0.0675. The average molecular weight is 256 g/mol. The molecule has 4 nitrogen and oxygen atoms in total. The first kappa shape index (κ1) is 15.4. The molecule has 1 unspecified atom stereocenters. The van der Waals surface area contributed by atoms with Crippen molar-refractivity contribution in [2.45, 2.75) is 46.1 Å². The summed E-state index contributed by atoms with van der Waals surface area (Å²) >= 11 is 0. The van der Waals surface area contributed by atoms with Gasteiger partial charge in [-0.25, -0.2) is 0 Å². The molecule has 1 fully saturated rings. The molecule has 1 aliphatic rings. The van der Waals surface area contributed by atoms with E-state index >= 15 is 0 Å². The van der Waals surface area contributed by atoms with Crippen LogP contribution in [-0.4, -0.2) is 49.7 Å². The van der Waals surface area contributed by atoms with Crippen LogP contribution in [0.5, 0.6) is 0 Å². The third-order valence-corrected chi connectivity index (χ3v) is 3.35. The first-order valence-corrected chi connectivity index (χ1v) is 7.21. The van der Waals surface area contributed by atoms with Crippen molar-refractivity contribution in [3.05, 3.63) is 0 Å². The fraction of sp³-hybridized carbons (Fsp3) is 0.929. The fourth-order valence-electron chi connectivity index (χ4n) is 2.14. The largest absolute Gasteiger partial charge is 0.378 e. The van der Waals surface area contributed by atoms with Crippen LogP contribution in [0.25, 0.3) is 0 Å². The second-order valence-corrected chi connectivity index (χ2v) is 5.50. The van der Waals surface area contributed by atoms with Gasteiger partial charge >= 0.3 is 0 Å². The van der Waals surface area contributed by atoms with Gasteiger partial charge in [-0.15, -0.1) is 0 Å². The Hall–Kier alpha value is -0.610. The Morgan fingerprint density at radius 2 is 1.89 bits per heavy atom. The quantitative estimate of drug-likeness (QED) is 0.704.